The third-order valence-corrected chi connectivity index (χ3v) is 4.50. The number of halogens is 3. The molecule has 0 aromatic heterocycles. The predicted molar refractivity (Wildman–Crippen MR) is 81.8 cm³/mol. The van der Waals surface area contributed by atoms with Gasteiger partial charge in [-0.2, -0.15) is 13.2 Å². The van der Waals surface area contributed by atoms with Crippen molar-refractivity contribution in [2.24, 2.45) is 5.92 Å². The van der Waals surface area contributed by atoms with Crippen molar-refractivity contribution in [1.82, 2.24) is 4.90 Å². The molecule has 2 unspecified atom stereocenters. The van der Waals surface area contributed by atoms with E-state index in [0.29, 0.717) is 31.7 Å². The second-order valence-electron chi connectivity index (χ2n) is 6.47. The minimum Gasteiger partial charge on any atom is -0.491 e. The van der Waals surface area contributed by atoms with Gasteiger partial charge in [-0.3, -0.25) is 4.90 Å². The van der Waals surface area contributed by atoms with Crippen molar-refractivity contribution in [2.75, 3.05) is 32.9 Å². The van der Waals surface area contributed by atoms with Crippen molar-refractivity contribution in [1.29, 1.82) is 0 Å². The van der Waals surface area contributed by atoms with Crippen molar-refractivity contribution < 1.29 is 27.8 Å². The molecule has 1 heterocycles. The molecule has 1 aromatic carbocycles. The lowest BCUT2D eigenvalue weighted by Crippen LogP contribution is -2.50. The largest absolute Gasteiger partial charge is 0.491 e. The fourth-order valence-electron chi connectivity index (χ4n) is 3.08. The number of morpholine rings is 1. The van der Waals surface area contributed by atoms with Gasteiger partial charge < -0.3 is 14.6 Å². The third-order valence-electron chi connectivity index (χ3n) is 4.50. The van der Waals surface area contributed by atoms with E-state index in [-0.39, 0.29) is 12.4 Å². The molecule has 1 N–H and O–H groups in total. The Hall–Kier alpha value is -1.31. The molecule has 2 fully saturated rings. The highest BCUT2D eigenvalue weighted by atomic mass is 19.4. The summed E-state index contributed by atoms with van der Waals surface area (Å²) in [5.41, 5.74) is -0.753. The first-order valence-electron chi connectivity index (χ1n) is 8.23. The Morgan fingerprint density at radius 2 is 2.12 bits per heavy atom. The first-order valence-corrected chi connectivity index (χ1v) is 8.23. The van der Waals surface area contributed by atoms with E-state index in [1.807, 2.05) is 0 Å². The molecular weight excluding hydrogens is 323 g/mol. The zero-order valence-corrected chi connectivity index (χ0v) is 13.3. The summed E-state index contributed by atoms with van der Waals surface area (Å²) in [5, 5.41) is 10.2. The van der Waals surface area contributed by atoms with Gasteiger partial charge in [0.1, 0.15) is 18.5 Å². The van der Waals surface area contributed by atoms with Gasteiger partial charge in [-0.1, -0.05) is 6.07 Å². The number of hydrogen-bond donors (Lipinski definition) is 1. The third kappa shape index (κ3) is 4.62. The van der Waals surface area contributed by atoms with Crippen LogP contribution in [0.1, 0.15) is 18.4 Å². The van der Waals surface area contributed by atoms with E-state index < -0.39 is 17.8 Å². The van der Waals surface area contributed by atoms with Crippen molar-refractivity contribution in [2.45, 2.75) is 31.2 Å². The van der Waals surface area contributed by atoms with Crippen LogP contribution in [-0.4, -0.2) is 55.1 Å². The van der Waals surface area contributed by atoms with Crippen molar-refractivity contribution >= 4 is 0 Å². The molecule has 1 saturated heterocycles. The van der Waals surface area contributed by atoms with E-state index in [4.69, 9.17) is 9.47 Å². The minimum atomic E-state index is -4.40. The summed E-state index contributed by atoms with van der Waals surface area (Å²) in [5.74, 6) is 0.756. The van der Waals surface area contributed by atoms with Gasteiger partial charge >= 0.3 is 6.18 Å². The van der Waals surface area contributed by atoms with Crippen LogP contribution >= 0.6 is 0 Å². The number of aliphatic hydroxyl groups excluding tert-OH is 1. The van der Waals surface area contributed by atoms with E-state index in [1.54, 1.807) is 0 Å². The van der Waals surface area contributed by atoms with Crippen molar-refractivity contribution in [3.8, 4) is 5.75 Å². The van der Waals surface area contributed by atoms with Gasteiger partial charge in [0.15, 0.2) is 0 Å². The second kappa shape index (κ2) is 7.29. The lowest BCUT2D eigenvalue weighted by Gasteiger charge is -2.36. The van der Waals surface area contributed by atoms with E-state index in [9.17, 15) is 18.3 Å². The molecule has 0 amide bonds. The molecule has 4 nitrogen and oxygen atoms in total. The average molecular weight is 345 g/mol. The van der Waals surface area contributed by atoms with Crippen LogP contribution in [0.3, 0.4) is 0 Å². The highest BCUT2D eigenvalue weighted by molar-refractivity contribution is 5.30. The number of aliphatic hydroxyl groups is 1. The van der Waals surface area contributed by atoms with Crippen LogP contribution in [0.4, 0.5) is 13.2 Å². The minimum absolute atomic E-state index is 0.0317. The maximum Gasteiger partial charge on any atom is 0.416 e. The van der Waals surface area contributed by atoms with Crippen LogP contribution in [0, 0.1) is 5.92 Å². The molecule has 1 aliphatic heterocycles. The van der Waals surface area contributed by atoms with Crippen LogP contribution in [0.25, 0.3) is 0 Å². The molecule has 0 spiro atoms. The van der Waals surface area contributed by atoms with Crippen molar-refractivity contribution in [3.05, 3.63) is 29.8 Å². The number of alkyl halides is 3. The Morgan fingerprint density at radius 1 is 1.33 bits per heavy atom. The fraction of sp³-hybridized carbons (Fsp3) is 0.647. The molecule has 24 heavy (non-hydrogen) atoms. The molecule has 1 aliphatic carbocycles. The van der Waals surface area contributed by atoms with Crippen molar-refractivity contribution in [3.63, 3.8) is 0 Å². The molecule has 0 bridgehead atoms. The molecule has 3 rings (SSSR count). The zero-order valence-electron chi connectivity index (χ0n) is 13.3. The fourth-order valence-corrected chi connectivity index (χ4v) is 3.08. The number of nitrogens with zero attached hydrogens (tertiary/aromatic N) is 1. The summed E-state index contributed by atoms with van der Waals surface area (Å²) in [6.07, 6.45) is -2.76. The molecule has 134 valence electrons. The zero-order chi connectivity index (χ0) is 17.2. The van der Waals surface area contributed by atoms with Gasteiger partial charge in [-0.25, -0.2) is 0 Å². The normalized spacial score (nSPS) is 23.9. The molecule has 7 heteroatoms. The van der Waals surface area contributed by atoms with Gasteiger partial charge in [0, 0.05) is 19.1 Å². The number of hydrogen-bond acceptors (Lipinski definition) is 4. The Morgan fingerprint density at radius 3 is 2.83 bits per heavy atom. The van der Waals surface area contributed by atoms with Crippen LogP contribution in [0.15, 0.2) is 24.3 Å². The standard InChI is InChI=1S/C17H22F3NO3/c18-17(19,20)13-2-1-3-15(8-13)24-10-14(22)9-21-6-7-23-11-16(21)12-4-5-12/h1-3,8,12,14,16,22H,4-7,9-11H2. The lowest BCUT2D eigenvalue weighted by atomic mass is 10.1. The quantitative estimate of drug-likeness (QED) is 0.860. The molecule has 1 aromatic rings. The predicted octanol–water partition coefficient (Wildman–Crippen LogP) is 2.56. The smallest absolute Gasteiger partial charge is 0.416 e. The molecule has 1 saturated carbocycles. The monoisotopic (exact) mass is 345 g/mol. The molecule has 2 aliphatic rings. The highest BCUT2D eigenvalue weighted by Crippen LogP contribution is 2.36. The van der Waals surface area contributed by atoms with Gasteiger partial charge in [-0.15, -0.1) is 0 Å². The summed E-state index contributed by atoms with van der Waals surface area (Å²) < 4.78 is 48.9. The van der Waals surface area contributed by atoms with E-state index in [0.717, 1.165) is 18.7 Å². The number of benzene rings is 1. The average Bonchev–Trinajstić information content (AvgIpc) is 3.38. The number of rotatable bonds is 6. The van der Waals surface area contributed by atoms with Gasteiger partial charge in [-0.05, 0) is 37.0 Å². The first kappa shape index (κ1) is 17.5. The molecule has 0 radical (unpaired) electrons. The van der Waals surface area contributed by atoms with E-state index >= 15 is 0 Å². The summed E-state index contributed by atoms with van der Waals surface area (Å²) in [6.45, 7) is 2.51. The SMILES string of the molecule is OC(COc1cccc(C(F)(F)F)c1)CN1CCOCC1C1CC1. The first-order chi connectivity index (χ1) is 11.4. The molecule has 2 atom stereocenters. The van der Waals surface area contributed by atoms with E-state index in [2.05, 4.69) is 4.90 Å². The maximum atomic E-state index is 12.7. The topological polar surface area (TPSA) is 41.9 Å². The van der Waals surface area contributed by atoms with Crippen LogP contribution < -0.4 is 4.74 Å². The Bertz CT molecular complexity index is 548. The van der Waals surface area contributed by atoms with Crippen LogP contribution in [0.5, 0.6) is 5.75 Å². The number of β-amino-alcohol motifs (C(OH)–C–C–N with tert-alkyl or cyclic N) is 1. The van der Waals surface area contributed by atoms with Crippen LogP contribution in [-0.2, 0) is 10.9 Å². The van der Waals surface area contributed by atoms with Gasteiger partial charge in [0.05, 0.1) is 18.8 Å². The van der Waals surface area contributed by atoms with Crippen LogP contribution in [0.2, 0.25) is 0 Å². The Labute approximate surface area is 139 Å². The lowest BCUT2D eigenvalue weighted by molar-refractivity contribution is -0.137. The van der Waals surface area contributed by atoms with Gasteiger partial charge in [0.25, 0.3) is 0 Å². The Balaban J connectivity index is 1.51. The van der Waals surface area contributed by atoms with E-state index in [1.165, 1.54) is 25.0 Å². The molecular formula is C17H22F3NO3. The summed E-state index contributed by atoms with van der Waals surface area (Å²) in [6, 6.07) is 5.05. The van der Waals surface area contributed by atoms with Gasteiger partial charge in [0.2, 0.25) is 0 Å². The summed E-state index contributed by atoms with van der Waals surface area (Å²) >= 11 is 0. The number of ether oxygens (including phenoxy) is 2. The summed E-state index contributed by atoms with van der Waals surface area (Å²) in [4.78, 5) is 2.21. The summed E-state index contributed by atoms with van der Waals surface area (Å²) in [7, 11) is 0. The Kier molecular flexibility index (Phi) is 5.32. The highest BCUT2D eigenvalue weighted by Gasteiger charge is 2.37. The second-order valence-corrected chi connectivity index (χ2v) is 6.47. The maximum absolute atomic E-state index is 12.7.